The second-order valence-electron chi connectivity index (χ2n) is 4.49. The number of hydrogen-bond acceptors (Lipinski definition) is 5. The molecule has 1 aliphatic heterocycles. The van der Waals surface area contributed by atoms with Crippen LogP contribution in [0.15, 0.2) is 51.4 Å². The van der Waals surface area contributed by atoms with Gasteiger partial charge in [0, 0.05) is 0 Å². The number of rotatable bonds is 1. The first kappa shape index (κ1) is 12.7. The minimum Gasteiger partial charge on any atom is -0.424 e. The lowest BCUT2D eigenvalue weighted by Crippen LogP contribution is -2.33. The van der Waals surface area contributed by atoms with Gasteiger partial charge in [0.2, 0.25) is 11.8 Å². The van der Waals surface area contributed by atoms with Crippen LogP contribution in [0.2, 0.25) is 0 Å². The highest BCUT2D eigenvalue weighted by atomic mass is 16.5. The average molecular weight is 282 g/mol. The van der Waals surface area contributed by atoms with Gasteiger partial charge in [0.25, 0.3) is 5.56 Å². The second kappa shape index (κ2) is 4.68. The molecule has 7 nitrogen and oxygen atoms in total. The molecule has 7 heteroatoms. The van der Waals surface area contributed by atoms with Gasteiger partial charge in [0.1, 0.15) is 11.6 Å². The van der Waals surface area contributed by atoms with E-state index in [1.165, 1.54) is 0 Å². The normalized spacial score (nSPS) is 16.8. The van der Waals surface area contributed by atoms with Crippen LogP contribution < -0.4 is 21.7 Å². The number of aromatic amines is 2. The number of fused-ring (bicyclic) bond motifs is 1. The fraction of sp³-hybridized carbons (Fsp3) is 0.0714. The van der Waals surface area contributed by atoms with Crippen LogP contribution in [0.3, 0.4) is 0 Å². The van der Waals surface area contributed by atoms with Gasteiger partial charge in [0.05, 0.1) is 11.5 Å². The molecule has 2 aromatic rings. The highest BCUT2D eigenvalue weighted by Gasteiger charge is 2.33. The van der Waals surface area contributed by atoms with Crippen LogP contribution in [-0.2, 0) is 0 Å². The Labute approximate surface area is 118 Å². The number of aromatic nitrogens is 2. The van der Waals surface area contributed by atoms with Crippen molar-refractivity contribution in [3.63, 3.8) is 0 Å². The summed E-state index contributed by atoms with van der Waals surface area (Å²) in [5.41, 5.74) is 5.43. The third kappa shape index (κ3) is 1.99. The van der Waals surface area contributed by atoms with Crippen molar-refractivity contribution in [3.05, 3.63) is 73.8 Å². The van der Waals surface area contributed by atoms with E-state index in [4.69, 9.17) is 10.5 Å². The molecule has 104 valence electrons. The number of nitriles is 1. The van der Waals surface area contributed by atoms with E-state index < -0.39 is 17.2 Å². The molecule has 0 radical (unpaired) electrons. The Morgan fingerprint density at radius 3 is 2.57 bits per heavy atom. The van der Waals surface area contributed by atoms with Crippen molar-refractivity contribution in [1.82, 2.24) is 9.97 Å². The lowest BCUT2D eigenvalue weighted by molar-refractivity contribution is 0.373. The van der Waals surface area contributed by atoms with Crippen molar-refractivity contribution in [1.29, 1.82) is 5.26 Å². The molecule has 0 fully saturated rings. The van der Waals surface area contributed by atoms with Crippen LogP contribution in [0, 0.1) is 11.3 Å². The van der Waals surface area contributed by atoms with Crippen molar-refractivity contribution in [2.75, 3.05) is 0 Å². The third-order valence-electron chi connectivity index (χ3n) is 3.25. The lowest BCUT2D eigenvalue weighted by Gasteiger charge is -2.24. The van der Waals surface area contributed by atoms with Crippen molar-refractivity contribution >= 4 is 0 Å². The number of nitrogens with one attached hydrogen (secondary N) is 2. The van der Waals surface area contributed by atoms with Gasteiger partial charge in [0.15, 0.2) is 0 Å². The molecule has 2 heterocycles. The summed E-state index contributed by atoms with van der Waals surface area (Å²) in [6.07, 6.45) is 0. The van der Waals surface area contributed by atoms with Gasteiger partial charge in [-0.05, 0) is 5.56 Å². The number of benzene rings is 1. The SMILES string of the molecule is N#CC1=C(N)Oc2[nH]c(=O)[nH]c(=O)c2[C@@H]1c1ccccc1. The number of H-pyrrole nitrogens is 2. The van der Waals surface area contributed by atoms with Gasteiger partial charge in [-0.2, -0.15) is 5.26 Å². The van der Waals surface area contributed by atoms with Crippen molar-refractivity contribution < 1.29 is 4.74 Å². The Balaban J connectivity index is 2.34. The maximum Gasteiger partial charge on any atom is 0.328 e. The molecule has 0 bridgehead atoms. The van der Waals surface area contributed by atoms with E-state index in [-0.39, 0.29) is 22.9 Å². The van der Waals surface area contributed by atoms with Gasteiger partial charge in [-0.15, -0.1) is 0 Å². The van der Waals surface area contributed by atoms with E-state index in [9.17, 15) is 14.9 Å². The first-order valence-electron chi connectivity index (χ1n) is 6.11. The Hall–Kier alpha value is -3.27. The van der Waals surface area contributed by atoms with Gasteiger partial charge in [-0.25, -0.2) is 4.79 Å². The second-order valence-corrected chi connectivity index (χ2v) is 4.49. The Morgan fingerprint density at radius 1 is 1.19 bits per heavy atom. The quantitative estimate of drug-likeness (QED) is 0.692. The first-order chi connectivity index (χ1) is 10.1. The van der Waals surface area contributed by atoms with E-state index >= 15 is 0 Å². The topological polar surface area (TPSA) is 125 Å². The van der Waals surface area contributed by atoms with Crippen LogP contribution in [0.1, 0.15) is 17.0 Å². The Bertz CT molecular complexity index is 887. The van der Waals surface area contributed by atoms with Crippen LogP contribution in [0.4, 0.5) is 0 Å². The standard InChI is InChI=1S/C14H10N4O3/c15-6-8-9(7-4-2-1-3-5-7)10-12(19)17-14(20)18-13(10)21-11(8)16/h1-5,9H,16H2,(H2,17,18,19,20)/t9-/m1/s1. The lowest BCUT2D eigenvalue weighted by atomic mass is 9.85. The third-order valence-corrected chi connectivity index (χ3v) is 3.25. The predicted octanol–water partition coefficient (Wildman–Crippen LogP) is 0.281. The molecular weight excluding hydrogens is 272 g/mol. The number of nitrogens with zero attached hydrogens (tertiary/aromatic N) is 1. The summed E-state index contributed by atoms with van der Waals surface area (Å²) in [7, 11) is 0. The summed E-state index contributed by atoms with van der Waals surface area (Å²) in [6, 6.07) is 10.9. The first-order valence-corrected chi connectivity index (χ1v) is 6.11. The van der Waals surface area contributed by atoms with Gasteiger partial charge in [-0.1, -0.05) is 30.3 Å². The molecule has 0 amide bonds. The van der Waals surface area contributed by atoms with E-state index in [0.717, 1.165) is 0 Å². The van der Waals surface area contributed by atoms with Crippen LogP contribution in [0.25, 0.3) is 0 Å². The van der Waals surface area contributed by atoms with Crippen molar-refractivity contribution in [2.45, 2.75) is 5.92 Å². The maximum absolute atomic E-state index is 12.1. The molecule has 21 heavy (non-hydrogen) atoms. The van der Waals surface area contributed by atoms with E-state index in [2.05, 4.69) is 9.97 Å². The molecule has 0 spiro atoms. The molecule has 0 saturated carbocycles. The zero-order valence-corrected chi connectivity index (χ0v) is 10.7. The Morgan fingerprint density at radius 2 is 1.90 bits per heavy atom. The van der Waals surface area contributed by atoms with E-state index in [1.807, 2.05) is 12.1 Å². The molecule has 0 unspecified atom stereocenters. The van der Waals surface area contributed by atoms with E-state index in [0.29, 0.717) is 5.56 Å². The van der Waals surface area contributed by atoms with Crippen LogP contribution in [-0.4, -0.2) is 9.97 Å². The average Bonchev–Trinajstić information content (AvgIpc) is 2.46. The summed E-state index contributed by atoms with van der Waals surface area (Å²) in [5, 5.41) is 9.31. The zero-order valence-electron chi connectivity index (χ0n) is 10.7. The zero-order chi connectivity index (χ0) is 15.0. The molecule has 4 N–H and O–H groups in total. The molecule has 3 rings (SSSR count). The van der Waals surface area contributed by atoms with Gasteiger partial charge < -0.3 is 10.5 Å². The van der Waals surface area contributed by atoms with Gasteiger partial charge >= 0.3 is 5.69 Å². The maximum atomic E-state index is 12.1. The smallest absolute Gasteiger partial charge is 0.328 e. The molecule has 1 aliphatic rings. The van der Waals surface area contributed by atoms with E-state index in [1.54, 1.807) is 24.3 Å². The minimum absolute atomic E-state index is 0.0332. The molecule has 0 aliphatic carbocycles. The summed E-state index contributed by atoms with van der Waals surface area (Å²) < 4.78 is 5.21. The highest BCUT2D eigenvalue weighted by Crippen LogP contribution is 2.38. The number of hydrogen-bond donors (Lipinski definition) is 3. The summed E-state index contributed by atoms with van der Waals surface area (Å²) >= 11 is 0. The monoisotopic (exact) mass is 282 g/mol. The summed E-state index contributed by atoms with van der Waals surface area (Å²) in [6.45, 7) is 0. The number of allylic oxidation sites excluding steroid dienone is 1. The largest absolute Gasteiger partial charge is 0.424 e. The van der Waals surface area contributed by atoms with Crippen LogP contribution in [0.5, 0.6) is 5.88 Å². The van der Waals surface area contributed by atoms with Crippen molar-refractivity contribution in [2.24, 2.45) is 5.73 Å². The van der Waals surface area contributed by atoms with Crippen LogP contribution >= 0.6 is 0 Å². The molecule has 0 saturated heterocycles. The number of nitrogens with two attached hydrogens (primary N) is 1. The van der Waals surface area contributed by atoms with Gasteiger partial charge in [-0.3, -0.25) is 14.8 Å². The fourth-order valence-electron chi connectivity index (χ4n) is 2.37. The minimum atomic E-state index is -0.696. The molecule has 1 aromatic heterocycles. The van der Waals surface area contributed by atoms with Crippen molar-refractivity contribution in [3.8, 4) is 11.9 Å². The molecule has 1 atom stereocenters. The Kier molecular flexibility index (Phi) is 2.84. The summed E-state index contributed by atoms with van der Waals surface area (Å²) in [4.78, 5) is 28.0. The highest BCUT2D eigenvalue weighted by molar-refractivity contribution is 5.52. The fourth-order valence-corrected chi connectivity index (χ4v) is 2.37. The summed E-state index contributed by atoms with van der Waals surface area (Å²) in [5.74, 6) is -0.838. The molecule has 1 aromatic carbocycles. The molecular formula is C14H10N4O3. The number of ether oxygens (including phenoxy) is 1. The predicted molar refractivity (Wildman–Crippen MR) is 73.4 cm³/mol.